The molecule has 0 radical (unpaired) electrons. The minimum Gasteiger partial charge on any atom is -0.456 e. The van der Waals surface area contributed by atoms with Crippen LogP contribution < -0.4 is 10.8 Å². The minimum absolute atomic E-state index is 0.647. The Hall–Kier alpha value is -3.70. The molecule has 0 unspecified atom stereocenters. The molecule has 0 aliphatic heterocycles. The Bertz CT molecular complexity index is 1390. The number of anilines is 1. The van der Waals surface area contributed by atoms with Gasteiger partial charge in [0.2, 0.25) is 0 Å². The lowest BCUT2D eigenvalue weighted by molar-refractivity contribution is 0.618. The van der Waals surface area contributed by atoms with Gasteiger partial charge in [-0.15, -0.1) is 0 Å². The summed E-state index contributed by atoms with van der Waals surface area (Å²) in [6, 6.07) is 25.0. The number of nitrogens with zero attached hydrogens (tertiary/aromatic N) is 3. The van der Waals surface area contributed by atoms with Crippen LogP contribution in [0.5, 0.6) is 0 Å². The normalized spacial score (nSPS) is 11.8. The molecule has 29 heavy (non-hydrogen) atoms. The van der Waals surface area contributed by atoms with Crippen LogP contribution in [0.1, 0.15) is 0 Å². The molecule has 5 aromatic rings. The first-order chi connectivity index (χ1) is 14.3. The molecule has 6 heteroatoms. The fourth-order valence-corrected chi connectivity index (χ4v) is 3.30. The van der Waals surface area contributed by atoms with E-state index in [9.17, 15) is 0 Å². The van der Waals surface area contributed by atoms with Crippen LogP contribution in [0.4, 0.5) is 5.82 Å². The minimum atomic E-state index is 0.647. The van der Waals surface area contributed by atoms with Gasteiger partial charge in [-0.1, -0.05) is 35.9 Å². The maximum absolute atomic E-state index is 6.09. The number of hydrogen-bond acceptors (Lipinski definition) is 5. The van der Waals surface area contributed by atoms with Gasteiger partial charge >= 0.3 is 0 Å². The van der Waals surface area contributed by atoms with Gasteiger partial charge in [-0.05, 0) is 48.5 Å². The summed E-state index contributed by atoms with van der Waals surface area (Å²) in [6.45, 7) is 0. The Morgan fingerprint density at radius 2 is 1.59 bits per heavy atom. The molecule has 3 aromatic carbocycles. The highest BCUT2D eigenvalue weighted by molar-refractivity contribution is 6.30. The molecular formula is C23H15ClN4O. The molecule has 0 atom stereocenters. The van der Waals surface area contributed by atoms with Gasteiger partial charge in [-0.3, -0.25) is 5.43 Å². The zero-order valence-corrected chi connectivity index (χ0v) is 16.0. The number of fused-ring (bicyclic) bond motifs is 2. The van der Waals surface area contributed by atoms with Crippen LogP contribution in [0, 0.1) is 0 Å². The van der Waals surface area contributed by atoms with Crippen LogP contribution in [-0.4, -0.2) is 9.97 Å². The quantitative estimate of drug-likeness (QED) is 0.400. The van der Waals surface area contributed by atoms with E-state index in [1.165, 1.54) is 6.33 Å². The molecule has 0 aliphatic rings. The van der Waals surface area contributed by atoms with E-state index in [0.717, 1.165) is 32.8 Å². The summed E-state index contributed by atoms with van der Waals surface area (Å²) in [5.74, 6) is 1.35. The van der Waals surface area contributed by atoms with E-state index in [-0.39, 0.29) is 0 Å². The highest BCUT2D eigenvalue weighted by atomic mass is 35.5. The number of hydrogen-bond donors (Lipinski definition) is 1. The largest absolute Gasteiger partial charge is 0.456 e. The predicted molar refractivity (Wildman–Crippen MR) is 115 cm³/mol. The lowest BCUT2D eigenvalue weighted by Gasteiger charge is -2.06. The molecule has 0 saturated carbocycles. The summed E-state index contributed by atoms with van der Waals surface area (Å²) < 4.78 is 6.09. The highest BCUT2D eigenvalue weighted by Crippen LogP contribution is 2.24. The molecule has 0 bridgehead atoms. The molecule has 2 heterocycles. The second-order valence-electron chi connectivity index (χ2n) is 6.46. The van der Waals surface area contributed by atoms with Gasteiger partial charge in [-0.25, -0.2) is 9.97 Å². The maximum Gasteiger partial charge on any atom is 0.157 e. The van der Waals surface area contributed by atoms with Crippen molar-refractivity contribution in [3.8, 4) is 11.3 Å². The average molecular weight is 399 g/mol. The Morgan fingerprint density at radius 3 is 2.45 bits per heavy atom. The third-order valence-corrected chi connectivity index (χ3v) is 4.86. The number of benzene rings is 3. The van der Waals surface area contributed by atoms with Gasteiger partial charge in [0.1, 0.15) is 17.7 Å². The van der Waals surface area contributed by atoms with Crippen LogP contribution >= 0.6 is 11.6 Å². The number of aromatic nitrogens is 2. The first kappa shape index (κ1) is 17.4. The number of halogens is 1. The maximum atomic E-state index is 6.09. The van der Waals surface area contributed by atoms with Crippen LogP contribution in [-0.2, 0) is 0 Å². The lowest BCUT2D eigenvalue weighted by Crippen LogP contribution is -2.08. The molecule has 1 N–H and O–H groups in total. The van der Waals surface area contributed by atoms with Gasteiger partial charge in [-0.2, -0.15) is 5.10 Å². The molecule has 140 valence electrons. The molecule has 0 spiro atoms. The lowest BCUT2D eigenvalue weighted by atomic mass is 10.1. The molecule has 0 amide bonds. The topological polar surface area (TPSA) is 63.3 Å². The van der Waals surface area contributed by atoms with Crippen LogP contribution in [0.3, 0.4) is 0 Å². The molecule has 5 nitrogen and oxygen atoms in total. The van der Waals surface area contributed by atoms with Crippen LogP contribution in [0.25, 0.3) is 33.2 Å². The van der Waals surface area contributed by atoms with Gasteiger partial charge in [0.25, 0.3) is 0 Å². The molecule has 2 aromatic heterocycles. The zero-order chi connectivity index (χ0) is 19.6. The van der Waals surface area contributed by atoms with E-state index in [1.54, 1.807) is 0 Å². The average Bonchev–Trinajstić information content (AvgIpc) is 2.78. The standard InChI is InChI=1S/C23H15ClN4O/c24-16-11-9-15(10-12-16)22-13-20(17-5-2-4-8-21(17)29-22)27-28-23-18-6-1-3-7-19(18)25-14-26-23/h1-14H,(H,25,26,28)/b27-20-. The Labute approximate surface area is 171 Å². The van der Waals surface area contributed by atoms with Crippen molar-refractivity contribution in [3.05, 3.63) is 95.6 Å². The van der Waals surface area contributed by atoms with Gasteiger partial charge in [0, 0.05) is 27.4 Å². The van der Waals surface area contributed by atoms with Crippen molar-refractivity contribution < 1.29 is 4.42 Å². The molecular weight excluding hydrogens is 384 g/mol. The van der Waals surface area contributed by atoms with Crippen molar-refractivity contribution in [1.82, 2.24) is 9.97 Å². The van der Waals surface area contributed by atoms with E-state index in [0.29, 0.717) is 16.6 Å². The fraction of sp³-hybridized carbons (Fsp3) is 0. The van der Waals surface area contributed by atoms with E-state index in [2.05, 4.69) is 20.5 Å². The third kappa shape index (κ3) is 3.44. The smallest absolute Gasteiger partial charge is 0.157 e. The summed E-state index contributed by atoms with van der Waals surface area (Å²) >= 11 is 6.02. The van der Waals surface area contributed by atoms with E-state index in [1.807, 2.05) is 78.9 Å². The van der Waals surface area contributed by atoms with Crippen molar-refractivity contribution in [2.24, 2.45) is 5.10 Å². The summed E-state index contributed by atoms with van der Waals surface area (Å²) in [6.07, 6.45) is 1.53. The molecule has 5 rings (SSSR count). The van der Waals surface area contributed by atoms with Gasteiger partial charge in [0.05, 0.1) is 10.9 Å². The summed E-state index contributed by atoms with van der Waals surface area (Å²) in [5.41, 5.74) is 5.62. The zero-order valence-electron chi connectivity index (χ0n) is 15.2. The van der Waals surface area contributed by atoms with Crippen molar-refractivity contribution in [2.45, 2.75) is 0 Å². The summed E-state index contributed by atoms with van der Waals surface area (Å²) in [5, 5.41) is 7.86. The summed E-state index contributed by atoms with van der Waals surface area (Å²) in [4.78, 5) is 8.63. The first-order valence-corrected chi connectivity index (χ1v) is 9.44. The Balaban J connectivity index is 1.66. The molecule has 0 aliphatic carbocycles. The van der Waals surface area contributed by atoms with Crippen molar-refractivity contribution in [3.63, 3.8) is 0 Å². The second-order valence-corrected chi connectivity index (χ2v) is 6.90. The first-order valence-electron chi connectivity index (χ1n) is 9.06. The van der Waals surface area contributed by atoms with E-state index < -0.39 is 0 Å². The van der Waals surface area contributed by atoms with Gasteiger partial charge < -0.3 is 4.42 Å². The van der Waals surface area contributed by atoms with Crippen molar-refractivity contribution in [1.29, 1.82) is 0 Å². The third-order valence-electron chi connectivity index (χ3n) is 4.60. The molecule has 0 saturated heterocycles. The van der Waals surface area contributed by atoms with Gasteiger partial charge in [0.15, 0.2) is 5.82 Å². The number of para-hydroxylation sites is 2. The number of rotatable bonds is 3. The monoisotopic (exact) mass is 398 g/mol. The van der Waals surface area contributed by atoms with Crippen LogP contribution in [0.15, 0.2) is 94.7 Å². The predicted octanol–water partition coefficient (Wildman–Crippen LogP) is 5.62. The fourth-order valence-electron chi connectivity index (χ4n) is 3.17. The van der Waals surface area contributed by atoms with Crippen molar-refractivity contribution >= 4 is 39.3 Å². The van der Waals surface area contributed by atoms with Crippen LogP contribution in [0.2, 0.25) is 5.02 Å². The SMILES string of the molecule is Clc1ccc(-c2c/c(=N/Nc3ncnc4ccccc34)c3ccccc3o2)cc1. The van der Waals surface area contributed by atoms with E-state index in [4.69, 9.17) is 16.0 Å². The second kappa shape index (κ2) is 7.37. The summed E-state index contributed by atoms with van der Waals surface area (Å²) in [7, 11) is 0. The highest BCUT2D eigenvalue weighted by Gasteiger charge is 2.07. The Morgan fingerprint density at radius 1 is 0.828 bits per heavy atom. The molecule has 0 fully saturated rings. The number of nitrogens with one attached hydrogen (secondary N) is 1. The Kier molecular flexibility index (Phi) is 4.42. The van der Waals surface area contributed by atoms with E-state index >= 15 is 0 Å². The van der Waals surface area contributed by atoms with Crippen molar-refractivity contribution in [2.75, 3.05) is 5.43 Å².